The largest absolute Gasteiger partial charge is 0.340 e. The second-order valence-electron chi connectivity index (χ2n) is 7.50. The highest BCUT2D eigenvalue weighted by atomic mass is 32.2. The van der Waals surface area contributed by atoms with Gasteiger partial charge < -0.3 is 4.90 Å². The monoisotopic (exact) mass is 404 g/mol. The molecule has 28 heavy (non-hydrogen) atoms. The lowest BCUT2D eigenvalue weighted by molar-refractivity contribution is -0.131. The maximum Gasteiger partial charge on any atom is 0.243 e. The number of piperazine rings is 1. The van der Waals surface area contributed by atoms with Gasteiger partial charge in [-0.1, -0.05) is 12.1 Å². The fraction of sp³-hybridized carbons (Fsp3) is 0.500. The summed E-state index contributed by atoms with van der Waals surface area (Å²) < 4.78 is 29.3. The summed E-state index contributed by atoms with van der Waals surface area (Å²) >= 11 is 0. The van der Waals surface area contributed by atoms with Crippen molar-refractivity contribution < 1.29 is 13.2 Å². The van der Waals surface area contributed by atoms with Gasteiger partial charge in [0.1, 0.15) is 0 Å². The Labute approximate surface area is 167 Å². The molecule has 2 heterocycles. The lowest BCUT2D eigenvalue weighted by Crippen LogP contribution is -2.51. The number of carbonyl (C=O) groups excluding carboxylic acids is 1. The van der Waals surface area contributed by atoms with Gasteiger partial charge in [-0.2, -0.15) is 9.40 Å². The van der Waals surface area contributed by atoms with Gasteiger partial charge in [0.25, 0.3) is 0 Å². The van der Waals surface area contributed by atoms with E-state index in [2.05, 4.69) is 5.10 Å². The summed E-state index contributed by atoms with van der Waals surface area (Å²) in [5.74, 6) is 0.0167. The molecular weight excluding hydrogens is 376 g/mol. The van der Waals surface area contributed by atoms with Crippen LogP contribution in [0.1, 0.15) is 28.1 Å². The molecule has 3 rings (SSSR count). The van der Waals surface area contributed by atoms with Crippen molar-refractivity contribution >= 4 is 15.9 Å². The maximum atomic E-state index is 13.0. The smallest absolute Gasteiger partial charge is 0.243 e. The average molecular weight is 405 g/mol. The van der Waals surface area contributed by atoms with Crippen LogP contribution in [0, 0.1) is 27.7 Å². The van der Waals surface area contributed by atoms with Crippen LogP contribution in [-0.2, 0) is 28.3 Å². The van der Waals surface area contributed by atoms with E-state index in [1.54, 1.807) is 15.6 Å². The standard InChI is InChI=1S/C20H28N4O3S/c1-14-6-7-15(2)19(12-14)28(26,27)24-10-8-23(9-11-24)20(25)13-18-16(3)21-22(5)17(18)4/h6-7,12H,8-11,13H2,1-5H3. The molecule has 0 saturated carbocycles. The van der Waals surface area contributed by atoms with Gasteiger partial charge in [0.05, 0.1) is 17.0 Å². The van der Waals surface area contributed by atoms with Crippen molar-refractivity contribution in [2.45, 2.75) is 39.0 Å². The summed E-state index contributed by atoms with van der Waals surface area (Å²) in [7, 11) is -1.68. The van der Waals surface area contributed by atoms with Crippen molar-refractivity contribution in [3.05, 3.63) is 46.3 Å². The zero-order valence-electron chi connectivity index (χ0n) is 17.2. The van der Waals surface area contributed by atoms with Gasteiger partial charge >= 0.3 is 0 Å². The maximum absolute atomic E-state index is 13.0. The molecule has 0 bridgehead atoms. The third kappa shape index (κ3) is 3.84. The molecule has 1 fully saturated rings. The van der Waals surface area contributed by atoms with Crippen molar-refractivity contribution in [3.8, 4) is 0 Å². The fourth-order valence-electron chi connectivity index (χ4n) is 3.64. The molecule has 8 heteroatoms. The van der Waals surface area contributed by atoms with E-state index in [1.165, 1.54) is 4.31 Å². The minimum absolute atomic E-state index is 0.0167. The van der Waals surface area contributed by atoms with Crippen LogP contribution in [0.2, 0.25) is 0 Å². The predicted octanol–water partition coefficient (Wildman–Crippen LogP) is 1.73. The molecule has 1 aromatic heterocycles. The van der Waals surface area contributed by atoms with Crippen molar-refractivity contribution in [2.24, 2.45) is 7.05 Å². The van der Waals surface area contributed by atoms with Crippen LogP contribution in [-0.4, -0.2) is 59.5 Å². The third-order valence-electron chi connectivity index (χ3n) is 5.54. The zero-order valence-corrected chi connectivity index (χ0v) is 18.0. The van der Waals surface area contributed by atoms with E-state index in [1.807, 2.05) is 46.9 Å². The molecule has 0 spiro atoms. The minimum Gasteiger partial charge on any atom is -0.340 e. The summed E-state index contributed by atoms with van der Waals surface area (Å²) in [4.78, 5) is 14.8. The van der Waals surface area contributed by atoms with Gasteiger partial charge in [-0.25, -0.2) is 8.42 Å². The van der Waals surface area contributed by atoms with Crippen LogP contribution in [0.5, 0.6) is 0 Å². The molecule has 7 nitrogen and oxygen atoms in total. The van der Waals surface area contributed by atoms with Gasteiger partial charge in [-0.3, -0.25) is 9.48 Å². The Hall–Kier alpha value is -2.19. The van der Waals surface area contributed by atoms with Gasteiger partial charge in [-0.15, -0.1) is 0 Å². The Kier molecular flexibility index (Phi) is 5.63. The Morgan fingerprint density at radius 1 is 1.07 bits per heavy atom. The third-order valence-corrected chi connectivity index (χ3v) is 7.58. The number of benzene rings is 1. The van der Waals surface area contributed by atoms with Crippen LogP contribution in [0.15, 0.2) is 23.1 Å². The molecule has 1 aliphatic heterocycles. The minimum atomic E-state index is -3.55. The van der Waals surface area contributed by atoms with E-state index in [0.29, 0.717) is 37.5 Å². The van der Waals surface area contributed by atoms with Crippen molar-refractivity contribution in [1.82, 2.24) is 19.0 Å². The Bertz CT molecular complexity index is 1000. The highest BCUT2D eigenvalue weighted by molar-refractivity contribution is 7.89. The molecule has 0 radical (unpaired) electrons. The number of hydrogen-bond acceptors (Lipinski definition) is 4. The summed E-state index contributed by atoms with van der Waals surface area (Å²) in [6, 6.07) is 5.46. The Morgan fingerprint density at radius 3 is 2.29 bits per heavy atom. The first-order valence-corrected chi connectivity index (χ1v) is 10.9. The first-order valence-electron chi connectivity index (χ1n) is 9.45. The zero-order chi connectivity index (χ0) is 20.6. The Balaban J connectivity index is 1.68. The molecule has 0 atom stereocenters. The van der Waals surface area contributed by atoms with Crippen LogP contribution < -0.4 is 0 Å². The molecule has 0 unspecified atom stereocenters. The molecule has 0 aliphatic carbocycles. The topological polar surface area (TPSA) is 75.5 Å². The Morgan fingerprint density at radius 2 is 1.71 bits per heavy atom. The summed E-state index contributed by atoms with van der Waals surface area (Å²) in [5.41, 5.74) is 4.47. The van der Waals surface area contributed by atoms with Gasteiger partial charge in [0, 0.05) is 44.5 Å². The molecule has 1 saturated heterocycles. The summed E-state index contributed by atoms with van der Waals surface area (Å²) in [6.07, 6.45) is 0.301. The number of hydrogen-bond donors (Lipinski definition) is 0. The van der Waals surface area contributed by atoms with Gasteiger partial charge in [0.15, 0.2) is 0 Å². The summed E-state index contributed by atoms with van der Waals surface area (Å²) in [5, 5.41) is 4.36. The second-order valence-corrected chi connectivity index (χ2v) is 9.41. The molecule has 2 aromatic rings. The van der Waals surface area contributed by atoms with Crippen molar-refractivity contribution in [1.29, 1.82) is 0 Å². The number of amides is 1. The van der Waals surface area contributed by atoms with E-state index in [9.17, 15) is 13.2 Å². The number of carbonyl (C=O) groups is 1. The second kappa shape index (κ2) is 7.67. The normalized spacial score (nSPS) is 15.8. The highest BCUT2D eigenvalue weighted by Gasteiger charge is 2.31. The lowest BCUT2D eigenvalue weighted by Gasteiger charge is -2.34. The van der Waals surface area contributed by atoms with E-state index in [-0.39, 0.29) is 5.91 Å². The number of aromatic nitrogens is 2. The molecule has 0 N–H and O–H groups in total. The van der Waals surface area contributed by atoms with E-state index >= 15 is 0 Å². The SMILES string of the molecule is Cc1ccc(C)c(S(=O)(=O)N2CCN(C(=O)Cc3c(C)nn(C)c3C)CC2)c1. The highest BCUT2D eigenvalue weighted by Crippen LogP contribution is 2.23. The van der Waals surface area contributed by atoms with Crippen molar-refractivity contribution in [2.75, 3.05) is 26.2 Å². The van der Waals surface area contributed by atoms with Crippen LogP contribution in [0.3, 0.4) is 0 Å². The first kappa shape index (κ1) is 20.5. The summed E-state index contributed by atoms with van der Waals surface area (Å²) in [6.45, 7) is 8.99. The van der Waals surface area contributed by atoms with E-state index in [0.717, 1.165) is 28.1 Å². The van der Waals surface area contributed by atoms with E-state index < -0.39 is 10.0 Å². The van der Waals surface area contributed by atoms with Crippen molar-refractivity contribution in [3.63, 3.8) is 0 Å². The number of aryl methyl sites for hydroxylation is 4. The average Bonchev–Trinajstić information content (AvgIpc) is 2.89. The lowest BCUT2D eigenvalue weighted by atomic mass is 10.1. The molecule has 1 amide bonds. The number of sulfonamides is 1. The quantitative estimate of drug-likeness (QED) is 0.778. The number of nitrogens with zero attached hydrogens (tertiary/aromatic N) is 4. The first-order chi connectivity index (χ1) is 13.1. The van der Waals surface area contributed by atoms with Crippen LogP contribution in [0.25, 0.3) is 0 Å². The molecule has 1 aliphatic rings. The molecular formula is C20H28N4O3S. The molecule has 152 valence electrons. The fourth-order valence-corrected chi connectivity index (χ4v) is 5.37. The van der Waals surface area contributed by atoms with Gasteiger partial charge in [-0.05, 0) is 44.9 Å². The van der Waals surface area contributed by atoms with Gasteiger partial charge in [0.2, 0.25) is 15.9 Å². The van der Waals surface area contributed by atoms with Crippen LogP contribution >= 0.6 is 0 Å². The van der Waals surface area contributed by atoms with Crippen LogP contribution in [0.4, 0.5) is 0 Å². The predicted molar refractivity (Wildman–Crippen MR) is 108 cm³/mol. The van der Waals surface area contributed by atoms with E-state index in [4.69, 9.17) is 0 Å². The number of rotatable bonds is 4. The molecule has 1 aromatic carbocycles.